The van der Waals surface area contributed by atoms with E-state index < -0.39 is 0 Å². The molecule has 2 rings (SSSR count). The van der Waals surface area contributed by atoms with Crippen LogP contribution in [0.3, 0.4) is 0 Å². The Morgan fingerprint density at radius 2 is 1.81 bits per heavy atom. The first kappa shape index (κ1) is 16.0. The van der Waals surface area contributed by atoms with Gasteiger partial charge in [-0.3, -0.25) is 4.79 Å². The lowest BCUT2D eigenvalue weighted by molar-refractivity contribution is -0.119. The molecular formula is C15H13BrIN3O. The molecule has 0 saturated carbocycles. The molecule has 0 heterocycles. The van der Waals surface area contributed by atoms with Crippen molar-refractivity contribution in [3.05, 3.63) is 62.1 Å². The third-order valence-corrected chi connectivity index (χ3v) is 3.82. The van der Waals surface area contributed by atoms with E-state index in [1.165, 1.54) is 0 Å². The minimum atomic E-state index is -0.193. The van der Waals surface area contributed by atoms with Gasteiger partial charge in [0.05, 0.1) is 12.8 Å². The smallest absolute Gasteiger partial charge is 0.259 e. The average Bonchev–Trinajstić information content (AvgIpc) is 2.49. The molecule has 0 bridgehead atoms. The number of nitrogens with one attached hydrogen (secondary N) is 2. The molecule has 0 aliphatic heterocycles. The first-order chi connectivity index (χ1) is 10.1. The molecule has 21 heavy (non-hydrogen) atoms. The molecule has 0 aliphatic carbocycles. The summed E-state index contributed by atoms with van der Waals surface area (Å²) in [6.07, 6.45) is 1.61. The highest BCUT2D eigenvalue weighted by Gasteiger charge is 1.99. The van der Waals surface area contributed by atoms with Crippen molar-refractivity contribution in [2.45, 2.75) is 0 Å². The van der Waals surface area contributed by atoms with Gasteiger partial charge in [0, 0.05) is 13.7 Å². The van der Waals surface area contributed by atoms with E-state index in [2.05, 4.69) is 54.4 Å². The molecule has 0 atom stereocenters. The largest absolute Gasteiger partial charge is 0.376 e. The van der Waals surface area contributed by atoms with Crippen LogP contribution < -0.4 is 10.7 Å². The van der Waals surface area contributed by atoms with Crippen LogP contribution in [0.15, 0.2) is 58.1 Å². The number of benzene rings is 2. The van der Waals surface area contributed by atoms with Crippen molar-refractivity contribution in [2.75, 3.05) is 11.9 Å². The van der Waals surface area contributed by atoms with Crippen LogP contribution in [-0.2, 0) is 4.79 Å². The lowest BCUT2D eigenvalue weighted by Gasteiger charge is -2.05. The Hall–Kier alpha value is -1.41. The van der Waals surface area contributed by atoms with Crippen LogP contribution in [0.5, 0.6) is 0 Å². The minimum absolute atomic E-state index is 0.179. The maximum Gasteiger partial charge on any atom is 0.259 e. The second kappa shape index (κ2) is 8.14. The minimum Gasteiger partial charge on any atom is -0.376 e. The number of rotatable bonds is 5. The fourth-order valence-electron chi connectivity index (χ4n) is 1.52. The fraction of sp³-hybridized carbons (Fsp3) is 0.0667. The maximum absolute atomic E-state index is 11.6. The van der Waals surface area contributed by atoms with Crippen LogP contribution in [0.25, 0.3) is 0 Å². The number of carbonyl (C=O) groups is 1. The molecule has 108 valence electrons. The van der Waals surface area contributed by atoms with Gasteiger partial charge in [-0.05, 0) is 64.6 Å². The van der Waals surface area contributed by atoms with E-state index in [4.69, 9.17) is 0 Å². The quantitative estimate of drug-likeness (QED) is 0.409. The Labute approximate surface area is 145 Å². The van der Waals surface area contributed by atoms with Crippen molar-refractivity contribution in [1.82, 2.24) is 5.43 Å². The van der Waals surface area contributed by atoms with Gasteiger partial charge in [-0.2, -0.15) is 5.10 Å². The van der Waals surface area contributed by atoms with Gasteiger partial charge in [-0.15, -0.1) is 0 Å². The van der Waals surface area contributed by atoms with E-state index in [1.54, 1.807) is 6.21 Å². The second-order valence-corrected chi connectivity index (χ2v) is 6.37. The highest BCUT2D eigenvalue weighted by molar-refractivity contribution is 14.1. The van der Waals surface area contributed by atoms with Gasteiger partial charge < -0.3 is 5.32 Å². The molecule has 2 N–H and O–H groups in total. The normalized spacial score (nSPS) is 10.6. The molecule has 6 heteroatoms. The van der Waals surface area contributed by atoms with E-state index in [9.17, 15) is 4.79 Å². The first-order valence-corrected chi connectivity index (χ1v) is 8.07. The predicted octanol–water partition coefficient (Wildman–Crippen LogP) is 3.62. The number of carbonyl (C=O) groups excluding carboxylic acids is 1. The van der Waals surface area contributed by atoms with Gasteiger partial charge in [-0.1, -0.05) is 28.1 Å². The van der Waals surface area contributed by atoms with Crippen molar-refractivity contribution in [3.63, 3.8) is 0 Å². The molecule has 0 radical (unpaired) electrons. The fourth-order valence-corrected chi connectivity index (χ4v) is 2.14. The standard InChI is InChI=1S/C15H13BrIN3O/c16-12-3-1-11(2-4-12)9-19-20-15(21)10-18-14-7-5-13(17)6-8-14/h1-9,18H,10H2,(H,20,21)/b19-9+. The molecule has 0 unspecified atom stereocenters. The van der Waals surface area contributed by atoms with Crippen molar-refractivity contribution in [2.24, 2.45) is 5.10 Å². The van der Waals surface area contributed by atoms with Gasteiger partial charge in [0.15, 0.2) is 0 Å². The van der Waals surface area contributed by atoms with Crippen LogP contribution in [0, 0.1) is 3.57 Å². The predicted molar refractivity (Wildman–Crippen MR) is 97.5 cm³/mol. The lowest BCUT2D eigenvalue weighted by atomic mass is 10.2. The third-order valence-electron chi connectivity index (χ3n) is 2.57. The number of amides is 1. The Morgan fingerprint density at radius 3 is 2.48 bits per heavy atom. The topological polar surface area (TPSA) is 53.5 Å². The summed E-state index contributed by atoms with van der Waals surface area (Å²) in [5.74, 6) is -0.193. The molecule has 0 spiro atoms. The zero-order chi connectivity index (χ0) is 15.1. The van der Waals surface area contributed by atoms with E-state index in [-0.39, 0.29) is 12.5 Å². The zero-order valence-electron chi connectivity index (χ0n) is 11.0. The Kier molecular flexibility index (Phi) is 6.19. The molecule has 2 aromatic rings. The molecule has 0 aromatic heterocycles. The number of hydrogen-bond donors (Lipinski definition) is 2. The van der Waals surface area contributed by atoms with Gasteiger partial charge in [0.25, 0.3) is 5.91 Å². The van der Waals surface area contributed by atoms with Gasteiger partial charge in [-0.25, -0.2) is 5.43 Å². The number of hydrazone groups is 1. The third kappa shape index (κ3) is 5.84. The van der Waals surface area contributed by atoms with Crippen molar-refractivity contribution < 1.29 is 4.79 Å². The summed E-state index contributed by atoms with van der Waals surface area (Å²) in [7, 11) is 0. The van der Waals surface area contributed by atoms with E-state index in [0.29, 0.717) is 0 Å². The molecule has 2 aromatic carbocycles. The number of hydrogen-bond acceptors (Lipinski definition) is 3. The molecular weight excluding hydrogens is 445 g/mol. The number of halogens is 2. The maximum atomic E-state index is 11.6. The summed E-state index contributed by atoms with van der Waals surface area (Å²) in [4.78, 5) is 11.6. The van der Waals surface area contributed by atoms with E-state index in [1.807, 2.05) is 48.5 Å². The SMILES string of the molecule is O=C(CNc1ccc(I)cc1)N/N=C/c1ccc(Br)cc1. The molecule has 1 amide bonds. The highest BCUT2D eigenvalue weighted by atomic mass is 127. The zero-order valence-corrected chi connectivity index (χ0v) is 14.8. The summed E-state index contributed by atoms with van der Waals surface area (Å²) in [5, 5.41) is 6.95. The second-order valence-electron chi connectivity index (χ2n) is 4.21. The summed E-state index contributed by atoms with van der Waals surface area (Å²) in [6.45, 7) is 0.179. The Bertz CT molecular complexity index is 626. The number of nitrogens with zero attached hydrogens (tertiary/aromatic N) is 1. The van der Waals surface area contributed by atoms with Crippen molar-refractivity contribution in [1.29, 1.82) is 0 Å². The monoisotopic (exact) mass is 457 g/mol. The molecule has 0 fully saturated rings. The molecule has 0 saturated heterocycles. The molecule has 4 nitrogen and oxygen atoms in total. The average molecular weight is 458 g/mol. The highest BCUT2D eigenvalue weighted by Crippen LogP contribution is 2.10. The Balaban J connectivity index is 1.77. The Morgan fingerprint density at radius 1 is 1.14 bits per heavy atom. The van der Waals surface area contributed by atoms with Crippen LogP contribution in [0.1, 0.15) is 5.56 Å². The van der Waals surface area contributed by atoms with Crippen LogP contribution in [0.4, 0.5) is 5.69 Å². The summed E-state index contributed by atoms with van der Waals surface area (Å²) < 4.78 is 2.16. The van der Waals surface area contributed by atoms with Gasteiger partial charge in [0.1, 0.15) is 0 Å². The van der Waals surface area contributed by atoms with Crippen LogP contribution >= 0.6 is 38.5 Å². The summed E-state index contributed by atoms with van der Waals surface area (Å²) in [5.41, 5.74) is 4.31. The summed E-state index contributed by atoms with van der Waals surface area (Å²) in [6, 6.07) is 15.5. The van der Waals surface area contributed by atoms with Gasteiger partial charge in [0.2, 0.25) is 0 Å². The van der Waals surface area contributed by atoms with Crippen molar-refractivity contribution >= 4 is 56.3 Å². The summed E-state index contributed by atoms with van der Waals surface area (Å²) >= 11 is 5.60. The number of anilines is 1. The van der Waals surface area contributed by atoms with Crippen LogP contribution in [-0.4, -0.2) is 18.7 Å². The van der Waals surface area contributed by atoms with Crippen molar-refractivity contribution in [3.8, 4) is 0 Å². The van der Waals surface area contributed by atoms with Gasteiger partial charge >= 0.3 is 0 Å². The van der Waals surface area contributed by atoms with Crippen LogP contribution in [0.2, 0.25) is 0 Å². The van der Waals surface area contributed by atoms with E-state index >= 15 is 0 Å². The van der Waals surface area contributed by atoms with E-state index in [0.717, 1.165) is 19.3 Å². The first-order valence-electron chi connectivity index (χ1n) is 6.20. The lowest BCUT2D eigenvalue weighted by Crippen LogP contribution is -2.25. The molecule has 0 aliphatic rings.